The van der Waals surface area contributed by atoms with Gasteiger partial charge < -0.3 is 20.4 Å². The molecule has 0 fully saturated rings. The van der Waals surface area contributed by atoms with E-state index in [2.05, 4.69) is 15.6 Å². The fourth-order valence-electron chi connectivity index (χ4n) is 3.23. The van der Waals surface area contributed by atoms with Crippen LogP contribution >= 0.6 is 0 Å². The molecule has 0 saturated carbocycles. The van der Waals surface area contributed by atoms with Crippen LogP contribution in [0.2, 0.25) is 0 Å². The molecule has 2 rings (SSSR count). The van der Waals surface area contributed by atoms with E-state index in [1.54, 1.807) is 51.1 Å². The van der Waals surface area contributed by atoms with Gasteiger partial charge in [0.15, 0.2) is 5.96 Å². The van der Waals surface area contributed by atoms with Gasteiger partial charge in [0.05, 0.1) is 6.04 Å². The first kappa shape index (κ1) is 24.3. The maximum absolute atomic E-state index is 14.2. The lowest BCUT2D eigenvalue weighted by molar-refractivity contribution is 0.0827. The number of carbonyl (C=O) groups is 1. The molecule has 0 aliphatic carbocycles. The van der Waals surface area contributed by atoms with Crippen molar-refractivity contribution < 1.29 is 13.6 Å². The standard InChI is InChI=1S/C23H31F2N5O/c1-26-23(27-13-12-16-8-6-9-17(14-16)22(31)30(4)5)28-15-20(29(2)3)21-18(24)10-7-11-19(21)25/h6-11,14,20H,12-13,15H2,1-5H3,(H2,26,27,28). The van der Waals surface area contributed by atoms with Crippen molar-refractivity contribution >= 4 is 11.9 Å². The monoisotopic (exact) mass is 431 g/mol. The van der Waals surface area contributed by atoms with Crippen LogP contribution < -0.4 is 10.6 Å². The molecule has 0 aliphatic rings. The molecular formula is C23H31F2N5O. The zero-order chi connectivity index (χ0) is 23.0. The Bertz CT molecular complexity index is 894. The Morgan fingerprint density at radius 3 is 2.26 bits per heavy atom. The van der Waals surface area contributed by atoms with Gasteiger partial charge in [-0.05, 0) is 50.3 Å². The smallest absolute Gasteiger partial charge is 0.253 e. The van der Waals surface area contributed by atoms with E-state index in [1.165, 1.54) is 18.2 Å². The zero-order valence-corrected chi connectivity index (χ0v) is 18.7. The molecule has 0 bridgehead atoms. The molecule has 0 saturated heterocycles. The van der Waals surface area contributed by atoms with Crippen LogP contribution in [-0.4, -0.2) is 70.0 Å². The first-order valence-electron chi connectivity index (χ1n) is 10.1. The minimum absolute atomic E-state index is 0.0258. The number of nitrogens with one attached hydrogen (secondary N) is 2. The molecule has 1 unspecified atom stereocenters. The highest BCUT2D eigenvalue weighted by molar-refractivity contribution is 5.94. The molecule has 0 heterocycles. The number of aliphatic imine (C=N–C) groups is 1. The predicted octanol–water partition coefficient (Wildman–Crippen LogP) is 2.68. The summed E-state index contributed by atoms with van der Waals surface area (Å²) in [6.07, 6.45) is 0.689. The van der Waals surface area contributed by atoms with Gasteiger partial charge in [0.25, 0.3) is 5.91 Å². The third-order valence-electron chi connectivity index (χ3n) is 4.93. The van der Waals surface area contributed by atoms with E-state index in [4.69, 9.17) is 0 Å². The number of nitrogens with zero attached hydrogens (tertiary/aromatic N) is 3. The molecule has 8 heteroatoms. The van der Waals surface area contributed by atoms with Gasteiger partial charge in [-0.1, -0.05) is 18.2 Å². The predicted molar refractivity (Wildman–Crippen MR) is 120 cm³/mol. The quantitative estimate of drug-likeness (QED) is 0.498. The summed E-state index contributed by atoms with van der Waals surface area (Å²) in [6, 6.07) is 10.9. The van der Waals surface area contributed by atoms with Crippen molar-refractivity contribution in [2.75, 3.05) is 48.3 Å². The summed E-state index contributed by atoms with van der Waals surface area (Å²) in [7, 11) is 8.63. The number of rotatable bonds is 8. The van der Waals surface area contributed by atoms with Crippen molar-refractivity contribution in [3.05, 3.63) is 70.8 Å². The molecule has 0 aliphatic heterocycles. The summed E-state index contributed by atoms with van der Waals surface area (Å²) in [5, 5.41) is 6.34. The largest absolute Gasteiger partial charge is 0.356 e. The van der Waals surface area contributed by atoms with Crippen molar-refractivity contribution in [2.45, 2.75) is 12.5 Å². The molecule has 1 amide bonds. The summed E-state index contributed by atoms with van der Waals surface area (Å²) in [5.74, 6) is -0.655. The number of likely N-dealkylation sites (N-methyl/N-ethyl adjacent to an activating group) is 1. The average molecular weight is 432 g/mol. The van der Waals surface area contributed by atoms with Gasteiger partial charge in [0.1, 0.15) is 11.6 Å². The SMILES string of the molecule is CN=C(NCCc1cccc(C(=O)N(C)C)c1)NCC(c1c(F)cccc1F)N(C)C. The van der Waals surface area contributed by atoms with Gasteiger partial charge in [0.2, 0.25) is 0 Å². The summed E-state index contributed by atoms with van der Waals surface area (Å²) < 4.78 is 28.5. The van der Waals surface area contributed by atoms with Gasteiger partial charge >= 0.3 is 0 Å². The molecule has 1 atom stereocenters. The number of benzene rings is 2. The van der Waals surface area contributed by atoms with E-state index >= 15 is 0 Å². The van der Waals surface area contributed by atoms with Crippen LogP contribution in [-0.2, 0) is 6.42 Å². The fourth-order valence-corrected chi connectivity index (χ4v) is 3.23. The molecule has 2 aromatic carbocycles. The number of guanidine groups is 1. The first-order chi connectivity index (χ1) is 14.7. The molecule has 31 heavy (non-hydrogen) atoms. The summed E-state index contributed by atoms with van der Waals surface area (Å²) >= 11 is 0. The normalized spacial score (nSPS) is 12.6. The summed E-state index contributed by atoms with van der Waals surface area (Å²) in [4.78, 5) is 19.6. The minimum atomic E-state index is -0.574. The lowest BCUT2D eigenvalue weighted by Gasteiger charge is -2.26. The summed E-state index contributed by atoms with van der Waals surface area (Å²) in [6.45, 7) is 0.858. The van der Waals surface area contributed by atoms with Gasteiger partial charge in [-0.15, -0.1) is 0 Å². The Morgan fingerprint density at radius 2 is 1.68 bits per heavy atom. The lowest BCUT2D eigenvalue weighted by Crippen LogP contribution is -2.42. The molecule has 2 aromatic rings. The number of hydrogen-bond donors (Lipinski definition) is 2. The highest BCUT2D eigenvalue weighted by Crippen LogP contribution is 2.23. The first-order valence-corrected chi connectivity index (χ1v) is 10.1. The van der Waals surface area contributed by atoms with Crippen molar-refractivity contribution in [3.63, 3.8) is 0 Å². The maximum atomic E-state index is 14.2. The number of hydrogen-bond acceptors (Lipinski definition) is 3. The van der Waals surface area contributed by atoms with Crippen molar-refractivity contribution in [1.29, 1.82) is 0 Å². The third kappa shape index (κ3) is 6.75. The van der Waals surface area contributed by atoms with Crippen LogP contribution in [0.1, 0.15) is 27.5 Å². The topological polar surface area (TPSA) is 60.0 Å². The molecule has 0 radical (unpaired) electrons. The zero-order valence-electron chi connectivity index (χ0n) is 18.7. The van der Waals surface area contributed by atoms with Crippen LogP contribution in [0.3, 0.4) is 0 Å². The van der Waals surface area contributed by atoms with Gasteiger partial charge in [-0.2, -0.15) is 0 Å². The van der Waals surface area contributed by atoms with E-state index in [1.807, 2.05) is 18.2 Å². The van der Waals surface area contributed by atoms with Crippen molar-refractivity contribution in [2.24, 2.45) is 4.99 Å². The van der Waals surface area contributed by atoms with Crippen LogP contribution in [0.15, 0.2) is 47.5 Å². The molecule has 2 N–H and O–H groups in total. The lowest BCUT2D eigenvalue weighted by atomic mass is 10.0. The van der Waals surface area contributed by atoms with Gasteiger partial charge in [0, 0.05) is 45.4 Å². The highest BCUT2D eigenvalue weighted by Gasteiger charge is 2.22. The Morgan fingerprint density at radius 1 is 1.03 bits per heavy atom. The Kier molecular flexibility index (Phi) is 8.93. The maximum Gasteiger partial charge on any atom is 0.253 e. The van der Waals surface area contributed by atoms with E-state index in [9.17, 15) is 13.6 Å². The Balaban J connectivity index is 1.95. The minimum Gasteiger partial charge on any atom is -0.356 e. The molecule has 0 aromatic heterocycles. The van der Waals surface area contributed by atoms with Gasteiger partial charge in [-0.3, -0.25) is 9.79 Å². The molecule has 6 nitrogen and oxygen atoms in total. The van der Waals surface area contributed by atoms with Crippen LogP contribution in [0.5, 0.6) is 0 Å². The van der Waals surface area contributed by atoms with Crippen LogP contribution in [0.25, 0.3) is 0 Å². The van der Waals surface area contributed by atoms with Crippen LogP contribution in [0.4, 0.5) is 8.78 Å². The van der Waals surface area contributed by atoms with Crippen molar-refractivity contribution in [3.8, 4) is 0 Å². The van der Waals surface area contributed by atoms with E-state index in [0.717, 1.165) is 5.56 Å². The number of amides is 1. The second kappa shape index (κ2) is 11.4. The average Bonchev–Trinajstić information content (AvgIpc) is 2.73. The fraction of sp³-hybridized carbons (Fsp3) is 0.391. The van der Waals surface area contributed by atoms with E-state index in [-0.39, 0.29) is 18.0 Å². The van der Waals surface area contributed by atoms with Gasteiger partial charge in [-0.25, -0.2) is 8.78 Å². The number of carbonyl (C=O) groups excluding carboxylic acids is 1. The van der Waals surface area contributed by atoms with E-state index in [0.29, 0.717) is 24.5 Å². The second-order valence-corrected chi connectivity index (χ2v) is 7.64. The molecular weight excluding hydrogens is 400 g/mol. The van der Waals surface area contributed by atoms with Crippen molar-refractivity contribution in [1.82, 2.24) is 20.4 Å². The molecule has 0 spiro atoms. The molecule has 168 valence electrons. The summed E-state index contributed by atoms with van der Waals surface area (Å²) in [5.41, 5.74) is 1.69. The number of halogens is 2. The van der Waals surface area contributed by atoms with Crippen LogP contribution in [0, 0.1) is 11.6 Å². The highest BCUT2D eigenvalue weighted by atomic mass is 19.1. The Labute approximate surface area is 183 Å². The third-order valence-corrected chi connectivity index (χ3v) is 4.93. The Hall–Kier alpha value is -3.00. The van der Waals surface area contributed by atoms with E-state index < -0.39 is 17.7 Å². The second-order valence-electron chi connectivity index (χ2n) is 7.64.